The Kier molecular flexibility index (Phi) is 3.88. The fraction of sp³-hybridized carbons (Fsp3) is 0.118. The maximum atomic E-state index is 6.17. The van der Waals surface area contributed by atoms with Crippen LogP contribution in [0, 0.1) is 6.92 Å². The second-order valence-electron chi connectivity index (χ2n) is 5.08. The highest BCUT2D eigenvalue weighted by atomic mass is 35.5. The van der Waals surface area contributed by atoms with Gasteiger partial charge in [-0.2, -0.15) is 0 Å². The molecule has 21 heavy (non-hydrogen) atoms. The van der Waals surface area contributed by atoms with E-state index in [0.717, 1.165) is 27.6 Å². The molecule has 0 saturated heterocycles. The summed E-state index contributed by atoms with van der Waals surface area (Å²) in [5.74, 6) is 5.81. The van der Waals surface area contributed by atoms with Crippen LogP contribution in [0.5, 0.6) is 0 Å². The highest BCUT2D eigenvalue weighted by Crippen LogP contribution is 2.29. The highest BCUT2D eigenvalue weighted by molar-refractivity contribution is 6.30. The molecule has 1 heterocycles. The lowest BCUT2D eigenvalue weighted by molar-refractivity contribution is 0.639. The quantitative estimate of drug-likeness (QED) is 0.572. The fourth-order valence-electron chi connectivity index (χ4n) is 2.66. The molecule has 0 amide bonds. The summed E-state index contributed by atoms with van der Waals surface area (Å²) < 4.78 is 0. The summed E-state index contributed by atoms with van der Waals surface area (Å²) in [5.41, 5.74) is 7.00. The molecule has 0 radical (unpaired) electrons. The molecule has 0 spiro atoms. The van der Waals surface area contributed by atoms with Gasteiger partial charge in [-0.15, -0.1) is 0 Å². The minimum absolute atomic E-state index is 0.152. The van der Waals surface area contributed by atoms with Gasteiger partial charge in [0.05, 0.1) is 11.6 Å². The first-order valence-corrected chi connectivity index (χ1v) is 7.13. The summed E-state index contributed by atoms with van der Waals surface area (Å²) in [6.45, 7) is 2.02. The number of nitrogens with two attached hydrogens (primary N) is 1. The molecular formula is C17H16ClN3. The molecule has 1 atom stereocenters. The van der Waals surface area contributed by atoms with Gasteiger partial charge in [-0.25, -0.2) is 5.43 Å². The lowest BCUT2D eigenvalue weighted by Crippen LogP contribution is -2.29. The van der Waals surface area contributed by atoms with Gasteiger partial charge in [0.2, 0.25) is 0 Å². The number of hydrazine groups is 1. The summed E-state index contributed by atoms with van der Waals surface area (Å²) in [6.07, 6.45) is 1.79. The highest BCUT2D eigenvalue weighted by Gasteiger charge is 2.16. The number of fused-ring (bicyclic) bond motifs is 1. The molecule has 4 heteroatoms. The number of para-hydroxylation sites is 1. The Bertz CT molecular complexity index is 760. The van der Waals surface area contributed by atoms with E-state index in [1.807, 2.05) is 49.4 Å². The van der Waals surface area contributed by atoms with Crippen LogP contribution >= 0.6 is 11.6 Å². The summed E-state index contributed by atoms with van der Waals surface area (Å²) in [4.78, 5) is 4.49. The van der Waals surface area contributed by atoms with Gasteiger partial charge in [-0.3, -0.25) is 10.8 Å². The van der Waals surface area contributed by atoms with Crippen molar-refractivity contribution in [2.24, 2.45) is 5.84 Å². The molecule has 2 aromatic carbocycles. The van der Waals surface area contributed by atoms with Gasteiger partial charge in [-0.05, 0) is 36.2 Å². The zero-order valence-corrected chi connectivity index (χ0v) is 12.4. The van der Waals surface area contributed by atoms with Crippen molar-refractivity contribution in [1.29, 1.82) is 0 Å². The Morgan fingerprint density at radius 1 is 1.14 bits per heavy atom. The molecular weight excluding hydrogens is 282 g/mol. The zero-order valence-electron chi connectivity index (χ0n) is 11.7. The van der Waals surface area contributed by atoms with Crippen molar-refractivity contribution in [1.82, 2.24) is 10.4 Å². The van der Waals surface area contributed by atoms with Crippen LogP contribution in [0.1, 0.15) is 22.7 Å². The first-order valence-electron chi connectivity index (χ1n) is 6.76. The number of nitrogens with one attached hydrogen (secondary N) is 1. The predicted octanol–water partition coefficient (Wildman–Crippen LogP) is 3.75. The van der Waals surface area contributed by atoms with Gasteiger partial charge < -0.3 is 0 Å². The van der Waals surface area contributed by atoms with Crippen molar-refractivity contribution in [3.63, 3.8) is 0 Å². The minimum Gasteiger partial charge on any atom is -0.271 e. The van der Waals surface area contributed by atoms with Crippen molar-refractivity contribution in [3.8, 4) is 0 Å². The van der Waals surface area contributed by atoms with Crippen LogP contribution in [0.4, 0.5) is 0 Å². The number of aryl methyl sites for hydroxylation is 1. The lowest BCUT2D eigenvalue weighted by Gasteiger charge is -2.19. The molecule has 0 aliphatic rings. The Hall–Kier alpha value is -1.94. The number of aromatic nitrogens is 1. The molecule has 0 saturated carbocycles. The second-order valence-corrected chi connectivity index (χ2v) is 5.52. The van der Waals surface area contributed by atoms with E-state index in [4.69, 9.17) is 17.4 Å². The molecule has 106 valence electrons. The van der Waals surface area contributed by atoms with E-state index >= 15 is 0 Å². The third kappa shape index (κ3) is 2.76. The number of hydrogen-bond acceptors (Lipinski definition) is 3. The molecule has 0 fully saturated rings. The molecule has 0 aliphatic heterocycles. The van der Waals surface area contributed by atoms with Crippen LogP contribution < -0.4 is 11.3 Å². The average Bonchev–Trinajstić information content (AvgIpc) is 2.47. The monoisotopic (exact) mass is 297 g/mol. The Morgan fingerprint density at radius 2 is 1.95 bits per heavy atom. The number of benzene rings is 2. The van der Waals surface area contributed by atoms with Crippen LogP contribution in [-0.2, 0) is 0 Å². The predicted molar refractivity (Wildman–Crippen MR) is 87.1 cm³/mol. The molecule has 1 unspecified atom stereocenters. The van der Waals surface area contributed by atoms with E-state index in [1.54, 1.807) is 6.20 Å². The number of pyridine rings is 1. The van der Waals surface area contributed by atoms with E-state index in [1.165, 1.54) is 0 Å². The summed E-state index contributed by atoms with van der Waals surface area (Å²) in [5, 5.41) is 1.80. The van der Waals surface area contributed by atoms with E-state index in [-0.39, 0.29) is 6.04 Å². The minimum atomic E-state index is -0.152. The van der Waals surface area contributed by atoms with E-state index in [0.29, 0.717) is 5.02 Å². The molecule has 0 bridgehead atoms. The fourth-order valence-corrected chi connectivity index (χ4v) is 2.96. The van der Waals surface area contributed by atoms with Crippen LogP contribution in [0.15, 0.2) is 54.7 Å². The first kappa shape index (κ1) is 14.0. The number of hydrogen-bond donors (Lipinski definition) is 2. The van der Waals surface area contributed by atoms with Crippen LogP contribution in [0.3, 0.4) is 0 Å². The Labute approximate surface area is 128 Å². The van der Waals surface area contributed by atoms with Crippen molar-refractivity contribution in [2.75, 3.05) is 0 Å². The standard InChI is InChI=1S/C17H16ClN3/c1-11-8-13(10-14(18)9-11)17(21-19)15-6-2-4-12-5-3-7-20-16(12)15/h2-10,17,21H,19H2,1H3. The van der Waals surface area contributed by atoms with E-state index < -0.39 is 0 Å². The zero-order chi connectivity index (χ0) is 14.8. The van der Waals surface area contributed by atoms with Gasteiger partial charge in [0, 0.05) is 22.2 Å². The second kappa shape index (κ2) is 5.82. The molecule has 3 rings (SSSR count). The number of nitrogens with zero attached hydrogens (tertiary/aromatic N) is 1. The largest absolute Gasteiger partial charge is 0.271 e. The van der Waals surface area contributed by atoms with Gasteiger partial charge >= 0.3 is 0 Å². The SMILES string of the molecule is Cc1cc(Cl)cc(C(NN)c2cccc3cccnc23)c1. The number of rotatable bonds is 3. The molecule has 0 aliphatic carbocycles. The van der Waals surface area contributed by atoms with Crippen LogP contribution in [0.2, 0.25) is 5.02 Å². The molecule has 1 aromatic heterocycles. The van der Waals surface area contributed by atoms with E-state index in [2.05, 4.69) is 16.5 Å². The molecule has 3 N–H and O–H groups in total. The topological polar surface area (TPSA) is 50.9 Å². The molecule has 3 aromatic rings. The smallest absolute Gasteiger partial charge is 0.0753 e. The third-order valence-electron chi connectivity index (χ3n) is 3.54. The first-order chi connectivity index (χ1) is 10.2. The normalized spacial score (nSPS) is 12.5. The summed E-state index contributed by atoms with van der Waals surface area (Å²) in [7, 11) is 0. The van der Waals surface area contributed by atoms with Crippen molar-refractivity contribution >= 4 is 22.5 Å². The van der Waals surface area contributed by atoms with Gasteiger partial charge in [-0.1, -0.05) is 41.9 Å². The summed E-state index contributed by atoms with van der Waals surface area (Å²) in [6, 6.07) is 15.9. The number of halogens is 1. The van der Waals surface area contributed by atoms with Crippen molar-refractivity contribution in [3.05, 3.63) is 76.4 Å². The van der Waals surface area contributed by atoms with Crippen LogP contribution in [-0.4, -0.2) is 4.98 Å². The molecule has 3 nitrogen and oxygen atoms in total. The van der Waals surface area contributed by atoms with Crippen molar-refractivity contribution < 1.29 is 0 Å². The third-order valence-corrected chi connectivity index (χ3v) is 3.76. The maximum absolute atomic E-state index is 6.17. The van der Waals surface area contributed by atoms with Crippen molar-refractivity contribution in [2.45, 2.75) is 13.0 Å². The Balaban J connectivity index is 2.18. The van der Waals surface area contributed by atoms with E-state index in [9.17, 15) is 0 Å². The van der Waals surface area contributed by atoms with Gasteiger partial charge in [0.25, 0.3) is 0 Å². The van der Waals surface area contributed by atoms with Gasteiger partial charge in [0.15, 0.2) is 0 Å². The Morgan fingerprint density at radius 3 is 2.71 bits per heavy atom. The van der Waals surface area contributed by atoms with Gasteiger partial charge in [0.1, 0.15) is 0 Å². The van der Waals surface area contributed by atoms with Crippen LogP contribution in [0.25, 0.3) is 10.9 Å². The average molecular weight is 298 g/mol. The maximum Gasteiger partial charge on any atom is 0.0753 e. The summed E-state index contributed by atoms with van der Waals surface area (Å²) >= 11 is 6.17. The lowest BCUT2D eigenvalue weighted by atomic mass is 9.96.